The molecule has 1 aromatic carbocycles. The molecule has 2 atom stereocenters. The minimum Gasteiger partial charge on any atom is -0.490 e. The Hall–Kier alpha value is -1.26. The Bertz CT molecular complexity index is 665. The van der Waals surface area contributed by atoms with Crippen molar-refractivity contribution in [2.75, 3.05) is 59.5 Å². The summed E-state index contributed by atoms with van der Waals surface area (Å²) in [5.41, 5.74) is 1.13. The molecule has 0 radical (unpaired) electrons. The second kappa shape index (κ2) is 14.7. The van der Waals surface area contributed by atoms with E-state index >= 15 is 0 Å². The number of benzene rings is 1. The molecule has 0 amide bonds. The first kappa shape index (κ1) is 27.8. The van der Waals surface area contributed by atoms with Crippen molar-refractivity contribution < 1.29 is 9.47 Å². The van der Waals surface area contributed by atoms with Crippen LogP contribution in [0.15, 0.2) is 23.2 Å². The van der Waals surface area contributed by atoms with E-state index < -0.39 is 0 Å². The van der Waals surface area contributed by atoms with Crippen LogP contribution < -0.4 is 20.1 Å². The summed E-state index contributed by atoms with van der Waals surface area (Å²) in [6.07, 6.45) is 0. The standard InChI is InChI=1S/C23H41N5O2.HI/c1-7-27-12-14-28(15-13-27)18(4)17-25-23(24-6)26-19(5)20-10-11-21(29-8-2)22(16-20)30-9-3;/h10-11,16,18-19H,7-9,12-15,17H2,1-6H3,(H2,24,25,26);1H. The summed E-state index contributed by atoms with van der Waals surface area (Å²) in [4.78, 5) is 9.47. The van der Waals surface area contributed by atoms with Gasteiger partial charge in [0.05, 0.1) is 19.3 Å². The summed E-state index contributed by atoms with van der Waals surface area (Å²) in [6.45, 7) is 18.4. The van der Waals surface area contributed by atoms with E-state index in [9.17, 15) is 0 Å². The number of ether oxygens (including phenoxy) is 2. The molecule has 0 bridgehead atoms. The van der Waals surface area contributed by atoms with Gasteiger partial charge in [0.25, 0.3) is 0 Å². The van der Waals surface area contributed by atoms with E-state index in [1.807, 2.05) is 27.0 Å². The second-order valence-corrected chi connectivity index (χ2v) is 7.71. The molecule has 0 spiro atoms. The first-order valence-corrected chi connectivity index (χ1v) is 11.3. The number of nitrogens with one attached hydrogen (secondary N) is 2. The predicted octanol–water partition coefficient (Wildman–Crippen LogP) is 3.35. The summed E-state index contributed by atoms with van der Waals surface area (Å²) in [7, 11) is 1.82. The number of guanidine groups is 1. The van der Waals surface area contributed by atoms with Crippen LogP contribution in [0.2, 0.25) is 0 Å². The topological polar surface area (TPSA) is 61.4 Å². The molecule has 1 aromatic rings. The van der Waals surface area contributed by atoms with Crippen LogP contribution >= 0.6 is 24.0 Å². The highest BCUT2D eigenvalue weighted by molar-refractivity contribution is 14.0. The zero-order valence-corrected chi connectivity index (χ0v) is 22.4. The fourth-order valence-corrected chi connectivity index (χ4v) is 3.71. The summed E-state index contributed by atoms with van der Waals surface area (Å²) in [5.74, 6) is 2.39. The van der Waals surface area contributed by atoms with E-state index in [4.69, 9.17) is 9.47 Å². The molecule has 0 aliphatic carbocycles. The lowest BCUT2D eigenvalue weighted by atomic mass is 10.1. The van der Waals surface area contributed by atoms with Crippen LogP contribution in [0.3, 0.4) is 0 Å². The molecule has 7 nitrogen and oxygen atoms in total. The molecule has 31 heavy (non-hydrogen) atoms. The average molecular weight is 548 g/mol. The summed E-state index contributed by atoms with van der Waals surface area (Å²) in [6, 6.07) is 6.67. The Morgan fingerprint density at radius 2 is 1.68 bits per heavy atom. The molecule has 1 heterocycles. The number of piperazine rings is 1. The number of nitrogens with zero attached hydrogens (tertiary/aromatic N) is 3. The molecule has 1 fully saturated rings. The normalized spacial score (nSPS) is 17.4. The molecule has 2 rings (SSSR count). The molecule has 0 aromatic heterocycles. The lowest BCUT2D eigenvalue weighted by molar-refractivity contribution is 0.107. The van der Waals surface area contributed by atoms with Gasteiger partial charge < -0.3 is 25.0 Å². The Labute approximate surface area is 206 Å². The number of hydrogen-bond donors (Lipinski definition) is 2. The van der Waals surface area contributed by atoms with Gasteiger partial charge in [-0.3, -0.25) is 9.89 Å². The van der Waals surface area contributed by atoms with Crippen molar-refractivity contribution in [1.29, 1.82) is 0 Å². The summed E-state index contributed by atoms with van der Waals surface area (Å²) < 4.78 is 11.4. The van der Waals surface area contributed by atoms with E-state index in [0.29, 0.717) is 19.3 Å². The van der Waals surface area contributed by atoms with Gasteiger partial charge in [-0.25, -0.2) is 0 Å². The van der Waals surface area contributed by atoms with Crippen molar-refractivity contribution in [1.82, 2.24) is 20.4 Å². The molecule has 1 aliphatic heterocycles. The minimum atomic E-state index is 0. The van der Waals surface area contributed by atoms with Crippen LogP contribution in [-0.2, 0) is 0 Å². The lowest BCUT2D eigenvalue weighted by Crippen LogP contribution is -2.53. The number of hydrogen-bond acceptors (Lipinski definition) is 5. The smallest absolute Gasteiger partial charge is 0.191 e. The largest absolute Gasteiger partial charge is 0.490 e. The summed E-state index contributed by atoms with van der Waals surface area (Å²) >= 11 is 0. The van der Waals surface area contributed by atoms with Gasteiger partial charge in [0.2, 0.25) is 0 Å². The Balaban J connectivity index is 0.00000480. The number of rotatable bonds is 10. The van der Waals surface area contributed by atoms with Crippen LogP contribution in [0.4, 0.5) is 0 Å². The minimum absolute atomic E-state index is 0. The van der Waals surface area contributed by atoms with Crippen molar-refractivity contribution in [3.8, 4) is 11.5 Å². The molecule has 2 N–H and O–H groups in total. The molecule has 2 unspecified atom stereocenters. The monoisotopic (exact) mass is 547 g/mol. The molecule has 1 saturated heterocycles. The van der Waals surface area contributed by atoms with Crippen LogP contribution in [0, 0.1) is 0 Å². The van der Waals surface area contributed by atoms with Gasteiger partial charge in [-0.1, -0.05) is 13.0 Å². The van der Waals surface area contributed by atoms with E-state index in [2.05, 4.69) is 58.3 Å². The van der Waals surface area contributed by atoms with E-state index in [0.717, 1.165) is 62.3 Å². The highest BCUT2D eigenvalue weighted by atomic mass is 127. The first-order valence-electron chi connectivity index (χ1n) is 11.3. The van der Waals surface area contributed by atoms with Crippen molar-refractivity contribution in [3.05, 3.63) is 23.8 Å². The number of likely N-dealkylation sites (N-methyl/N-ethyl adjacent to an activating group) is 1. The van der Waals surface area contributed by atoms with Gasteiger partial charge in [-0.15, -0.1) is 24.0 Å². The van der Waals surface area contributed by atoms with Gasteiger partial charge >= 0.3 is 0 Å². The van der Waals surface area contributed by atoms with Crippen LogP contribution in [-0.4, -0.2) is 81.3 Å². The third-order valence-electron chi connectivity index (χ3n) is 5.69. The third-order valence-corrected chi connectivity index (χ3v) is 5.69. The molecular weight excluding hydrogens is 505 g/mol. The van der Waals surface area contributed by atoms with Gasteiger partial charge in [0.1, 0.15) is 0 Å². The van der Waals surface area contributed by atoms with E-state index in [1.165, 1.54) is 0 Å². The third kappa shape index (κ3) is 8.65. The zero-order chi connectivity index (χ0) is 21.9. The van der Waals surface area contributed by atoms with E-state index in [1.54, 1.807) is 0 Å². The Kier molecular flexibility index (Phi) is 13.2. The maximum absolute atomic E-state index is 5.77. The molecule has 1 aliphatic rings. The van der Waals surface area contributed by atoms with Crippen LogP contribution in [0.1, 0.15) is 46.2 Å². The van der Waals surface area contributed by atoms with Crippen molar-refractivity contribution in [3.63, 3.8) is 0 Å². The quantitative estimate of drug-likeness (QED) is 0.266. The summed E-state index contributed by atoms with van der Waals surface area (Å²) in [5, 5.41) is 6.99. The molecule has 178 valence electrons. The highest BCUT2D eigenvalue weighted by Crippen LogP contribution is 2.30. The maximum atomic E-state index is 5.77. The molecule has 8 heteroatoms. The molecular formula is C23H42IN5O2. The van der Waals surface area contributed by atoms with Crippen LogP contribution in [0.5, 0.6) is 11.5 Å². The van der Waals surface area contributed by atoms with Gasteiger partial charge in [-0.2, -0.15) is 0 Å². The fourth-order valence-electron chi connectivity index (χ4n) is 3.71. The fraction of sp³-hybridized carbons (Fsp3) is 0.696. The highest BCUT2D eigenvalue weighted by Gasteiger charge is 2.20. The Morgan fingerprint density at radius 3 is 2.26 bits per heavy atom. The van der Waals surface area contributed by atoms with Crippen molar-refractivity contribution in [2.24, 2.45) is 4.99 Å². The zero-order valence-electron chi connectivity index (χ0n) is 20.1. The average Bonchev–Trinajstić information content (AvgIpc) is 2.77. The van der Waals surface area contributed by atoms with Crippen molar-refractivity contribution in [2.45, 2.75) is 46.7 Å². The lowest BCUT2D eigenvalue weighted by Gasteiger charge is -2.37. The van der Waals surface area contributed by atoms with Gasteiger partial charge in [-0.05, 0) is 51.9 Å². The Morgan fingerprint density at radius 1 is 1.03 bits per heavy atom. The predicted molar refractivity (Wildman–Crippen MR) is 140 cm³/mol. The van der Waals surface area contributed by atoms with Crippen LogP contribution in [0.25, 0.3) is 0 Å². The number of aliphatic imine (C=N–C) groups is 1. The van der Waals surface area contributed by atoms with Crippen molar-refractivity contribution >= 4 is 29.9 Å². The van der Waals surface area contributed by atoms with Gasteiger partial charge in [0, 0.05) is 45.8 Å². The molecule has 0 saturated carbocycles. The van der Waals surface area contributed by atoms with Gasteiger partial charge in [0.15, 0.2) is 17.5 Å². The number of halogens is 1. The maximum Gasteiger partial charge on any atom is 0.191 e. The van der Waals surface area contributed by atoms with E-state index in [-0.39, 0.29) is 30.0 Å². The SMILES string of the molecule is CCOc1ccc(C(C)NC(=NC)NCC(C)N2CCN(CC)CC2)cc1OCC.I. The second-order valence-electron chi connectivity index (χ2n) is 7.71. The first-order chi connectivity index (χ1) is 14.5.